The third-order valence-corrected chi connectivity index (χ3v) is 2.33. The summed E-state index contributed by atoms with van der Waals surface area (Å²) in [4.78, 5) is 0. The molecule has 1 radical (unpaired) electrons. The minimum absolute atomic E-state index is 0.768. The molecule has 2 aromatic rings. The Hall–Kier alpha value is -1.27. The van der Waals surface area contributed by atoms with Gasteiger partial charge >= 0.3 is 0 Å². The maximum Gasteiger partial charge on any atom is 0.0412 e. The summed E-state index contributed by atoms with van der Waals surface area (Å²) in [5, 5.41) is 0.768. The molecular formula is C13H10Cl. The van der Waals surface area contributed by atoms with E-state index in [0.717, 1.165) is 16.1 Å². The molecule has 0 saturated carbocycles. The van der Waals surface area contributed by atoms with E-state index in [2.05, 4.69) is 25.1 Å². The van der Waals surface area contributed by atoms with E-state index in [1.807, 2.05) is 30.3 Å². The SMILES string of the molecule is Cc1c[c]cc(-c2cccc(Cl)c2)c1. The molecule has 0 atom stereocenters. The molecule has 0 fully saturated rings. The molecule has 0 aliphatic carbocycles. The number of hydrogen-bond donors (Lipinski definition) is 0. The van der Waals surface area contributed by atoms with Crippen LogP contribution in [0.2, 0.25) is 5.02 Å². The van der Waals surface area contributed by atoms with E-state index >= 15 is 0 Å². The van der Waals surface area contributed by atoms with E-state index in [1.54, 1.807) is 0 Å². The van der Waals surface area contributed by atoms with Crippen molar-refractivity contribution in [3.63, 3.8) is 0 Å². The molecule has 0 unspecified atom stereocenters. The highest BCUT2D eigenvalue weighted by Gasteiger charge is 1.97. The highest BCUT2D eigenvalue weighted by atomic mass is 35.5. The van der Waals surface area contributed by atoms with Gasteiger partial charge < -0.3 is 0 Å². The zero-order valence-corrected chi connectivity index (χ0v) is 8.68. The van der Waals surface area contributed by atoms with Crippen molar-refractivity contribution in [2.75, 3.05) is 0 Å². The Balaban J connectivity index is 2.49. The van der Waals surface area contributed by atoms with E-state index < -0.39 is 0 Å². The van der Waals surface area contributed by atoms with Crippen molar-refractivity contribution >= 4 is 11.6 Å². The van der Waals surface area contributed by atoms with Gasteiger partial charge in [-0.25, -0.2) is 0 Å². The van der Waals surface area contributed by atoms with Crippen LogP contribution in [0.1, 0.15) is 5.56 Å². The van der Waals surface area contributed by atoms with Crippen LogP contribution in [0.3, 0.4) is 0 Å². The molecule has 2 rings (SSSR count). The monoisotopic (exact) mass is 201 g/mol. The minimum atomic E-state index is 0.768. The van der Waals surface area contributed by atoms with Crippen molar-refractivity contribution in [3.8, 4) is 11.1 Å². The average molecular weight is 202 g/mol. The Bertz CT molecular complexity index is 403. The number of benzene rings is 2. The second-order valence-corrected chi connectivity index (χ2v) is 3.75. The van der Waals surface area contributed by atoms with E-state index in [-0.39, 0.29) is 0 Å². The number of halogens is 1. The Labute approximate surface area is 89.2 Å². The molecule has 2 aromatic carbocycles. The van der Waals surface area contributed by atoms with E-state index in [0.29, 0.717) is 0 Å². The summed E-state index contributed by atoms with van der Waals surface area (Å²) in [7, 11) is 0. The van der Waals surface area contributed by atoms with Gasteiger partial charge in [-0.2, -0.15) is 0 Å². The first-order chi connectivity index (χ1) is 6.75. The Morgan fingerprint density at radius 3 is 2.64 bits per heavy atom. The zero-order valence-electron chi connectivity index (χ0n) is 7.92. The molecule has 0 N–H and O–H groups in total. The molecule has 0 spiro atoms. The van der Waals surface area contributed by atoms with Crippen LogP contribution in [-0.2, 0) is 0 Å². The summed E-state index contributed by atoms with van der Waals surface area (Å²) < 4.78 is 0. The first-order valence-electron chi connectivity index (χ1n) is 4.49. The van der Waals surface area contributed by atoms with Crippen LogP contribution in [0, 0.1) is 13.0 Å². The normalized spacial score (nSPS) is 10.1. The lowest BCUT2D eigenvalue weighted by atomic mass is 10.0. The first kappa shape index (κ1) is 9.29. The maximum absolute atomic E-state index is 5.92. The molecular weight excluding hydrogens is 192 g/mol. The highest BCUT2D eigenvalue weighted by molar-refractivity contribution is 6.30. The molecule has 0 amide bonds. The number of aryl methyl sites for hydroxylation is 1. The van der Waals surface area contributed by atoms with Crippen molar-refractivity contribution < 1.29 is 0 Å². The minimum Gasteiger partial charge on any atom is -0.0843 e. The summed E-state index contributed by atoms with van der Waals surface area (Å²) in [5.41, 5.74) is 3.51. The fourth-order valence-corrected chi connectivity index (χ4v) is 1.62. The van der Waals surface area contributed by atoms with Gasteiger partial charge in [-0.15, -0.1) is 0 Å². The van der Waals surface area contributed by atoms with Gasteiger partial charge in [0.2, 0.25) is 0 Å². The van der Waals surface area contributed by atoms with Crippen molar-refractivity contribution in [2.24, 2.45) is 0 Å². The van der Waals surface area contributed by atoms with E-state index in [9.17, 15) is 0 Å². The summed E-state index contributed by atoms with van der Waals surface area (Å²) in [6.07, 6.45) is 0. The van der Waals surface area contributed by atoms with E-state index in [1.165, 1.54) is 5.56 Å². The lowest BCUT2D eigenvalue weighted by Gasteiger charge is -2.02. The van der Waals surface area contributed by atoms with E-state index in [4.69, 9.17) is 11.6 Å². The Morgan fingerprint density at radius 1 is 1.07 bits per heavy atom. The maximum atomic E-state index is 5.92. The quantitative estimate of drug-likeness (QED) is 0.651. The third-order valence-electron chi connectivity index (χ3n) is 2.09. The molecule has 0 aliphatic heterocycles. The summed E-state index contributed by atoms with van der Waals surface area (Å²) in [6.45, 7) is 2.06. The van der Waals surface area contributed by atoms with Crippen LogP contribution in [-0.4, -0.2) is 0 Å². The Morgan fingerprint density at radius 2 is 1.93 bits per heavy atom. The summed E-state index contributed by atoms with van der Waals surface area (Å²) in [5.74, 6) is 0. The second-order valence-electron chi connectivity index (χ2n) is 3.31. The molecule has 0 aromatic heterocycles. The van der Waals surface area contributed by atoms with Gasteiger partial charge in [0.05, 0.1) is 0 Å². The van der Waals surface area contributed by atoms with Crippen molar-refractivity contribution in [1.29, 1.82) is 0 Å². The topological polar surface area (TPSA) is 0 Å². The number of rotatable bonds is 1. The van der Waals surface area contributed by atoms with Crippen LogP contribution in [0.4, 0.5) is 0 Å². The molecule has 0 nitrogen and oxygen atoms in total. The molecule has 0 aliphatic rings. The zero-order chi connectivity index (χ0) is 9.97. The van der Waals surface area contributed by atoms with Gasteiger partial charge in [0.1, 0.15) is 0 Å². The lowest BCUT2D eigenvalue weighted by molar-refractivity contribution is 1.46. The lowest BCUT2D eigenvalue weighted by Crippen LogP contribution is -1.79. The van der Waals surface area contributed by atoms with Crippen LogP contribution in [0.15, 0.2) is 42.5 Å². The van der Waals surface area contributed by atoms with Crippen LogP contribution < -0.4 is 0 Å². The molecule has 0 bridgehead atoms. The van der Waals surface area contributed by atoms with Crippen LogP contribution in [0.25, 0.3) is 11.1 Å². The fourth-order valence-electron chi connectivity index (χ4n) is 1.43. The molecule has 0 heterocycles. The fraction of sp³-hybridized carbons (Fsp3) is 0.0769. The molecule has 69 valence electrons. The van der Waals surface area contributed by atoms with Crippen LogP contribution >= 0.6 is 11.6 Å². The Kier molecular flexibility index (Phi) is 2.55. The third kappa shape index (κ3) is 1.97. The summed E-state index contributed by atoms with van der Waals surface area (Å²) in [6, 6.07) is 17.0. The second kappa shape index (κ2) is 3.85. The van der Waals surface area contributed by atoms with Gasteiger partial charge in [-0.1, -0.05) is 35.9 Å². The van der Waals surface area contributed by atoms with Gasteiger partial charge in [0, 0.05) is 5.02 Å². The molecule has 0 saturated heterocycles. The highest BCUT2D eigenvalue weighted by Crippen LogP contribution is 2.22. The van der Waals surface area contributed by atoms with Gasteiger partial charge in [0.25, 0.3) is 0 Å². The predicted molar refractivity (Wildman–Crippen MR) is 60.5 cm³/mol. The van der Waals surface area contributed by atoms with Crippen molar-refractivity contribution in [1.82, 2.24) is 0 Å². The first-order valence-corrected chi connectivity index (χ1v) is 4.87. The summed E-state index contributed by atoms with van der Waals surface area (Å²) >= 11 is 5.92. The number of hydrogen-bond acceptors (Lipinski definition) is 0. The van der Waals surface area contributed by atoms with Gasteiger partial charge in [0.15, 0.2) is 0 Å². The molecule has 1 heteroatoms. The standard InChI is InChI=1S/C13H10Cl/c1-10-4-2-5-11(8-10)12-6-3-7-13(14)9-12/h3-9H,1H3. The largest absolute Gasteiger partial charge is 0.0843 e. The van der Waals surface area contributed by atoms with Gasteiger partial charge in [-0.05, 0) is 47.9 Å². The molecule has 14 heavy (non-hydrogen) atoms. The van der Waals surface area contributed by atoms with Crippen molar-refractivity contribution in [2.45, 2.75) is 6.92 Å². The van der Waals surface area contributed by atoms with Gasteiger partial charge in [-0.3, -0.25) is 0 Å². The smallest absolute Gasteiger partial charge is 0.0412 e. The average Bonchev–Trinajstić information content (AvgIpc) is 2.18. The van der Waals surface area contributed by atoms with Crippen molar-refractivity contribution in [3.05, 3.63) is 59.1 Å². The predicted octanol–water partition coefficient (Wildman–Crippen LogP) is 4.12. The van der Waals surface area contributed by atoms with Crippen LogP contribution in [0.5, 0.6) is 0 Å².